The van der Waals surface area contributed by atoms with Crippen LogP contribution in [0.2, 0.25) is 0 Å². The van der Waals surface area contributed by atoms with Gasteiger partial charge in [-0.25, -0.2) is 0 Å². The van der Waals surface area contributed by atoms with E-state index in [-0.39, 0.29) is 0 Å². The summed E-state index contributed by atoms with van der Waals surface area (Å²) in [6.45, 7) is 7.50. The molecule has 4 aliphatic carbocycles. The fourth-order valence-corrected chi connectivity index (χ4v) is 7.84. The molecule has 0 saturated heterocycles. The number of hydrogen-bond acceptors (Lipinski definition) is 2. The van der Waals surface area contributed by atoms with Crippen molar-refractivity contribution in [3.8, 4) is 0 Å². The Balaban J connectivity index is 1.60. The molecule has 0 aromatic heterocycles. The first-order valence-electron chi connectivity index (χ1n) is 10.1. The third-order valence-corrected chi connectivity index (χ3v) is 9.37. The number of rotatable bonds is 1. The Kier molecular flexibility index (Phi) is 3.71. The highest BCUT2D eigenvalue weighted by Crippen LogP contribution is 2.67. The molecule has 0 bridgehead atoms. The van der Waals surface area contributed by atoms with Crippen LogP contribution in [0.25, 0.3) is 0 Å². The van der Waals surface area contributed by atoms with E-state index in [1.165, 1.54) is 44.9 Å². The molecule has 4 aliphatic rings. The highest BCUT2D eigenvalue weighted by atomic mass is 16.3. The highest BCUT2D eigenvalue weighted by Gasteiger charge is 2.60. The smallest absolute Gasteiger partial charge is 0.0622 e. The molecule has 2 heteroatoms. The second-order valence-electron chi connectivity index (χ2n) is 10.4. The summed E-state index contributed by atoms with van der Waals surface area (Å²) < 4.78 is 0. The molecule has 0 aliphatic heterocycles. The number of aliphatic hydroxyl groups excluding tert-OH is 1. The fraction of sp³-hybridized carbons (Fsp3) is 1.00. The van der Waals surface area contributed by atoms with E-state index in [4.69, 9.17) is 0 Å². The average molecular weight is 321 g/mol. The van der Waals surface area contributed by atoms with Gasteiger partial charge in [-0.15, -0.1) is 0 Å². The van der Waals surface area contributed by atoms with Gasteiger partial charge in [0.1, 0.15) is 0 Å². The largest absolute Gasteiger partial charge is 0.396 e. The van der Waals surface area contributed by atoms with Crippen molar-refractivity contribution in [1.29, 1.82) is 0 Å². The maximum atomic E-state index is 10.6. The first kappa shape index (κ1) is 16.4. The standard InChI is InChI=1S/C21H36O2/c1-19(23)10-11-21(3)14(12-19)4-6-16-17-7-5-15(13-22)20(17,2)9-8-18(16)21/h14-18,22-23H,4-13H2,1-3H3/t14?,15-,16?,17?,18?,19-,20-,21+/m1/s1. The molecule has 0 aromatic rings. The Morgan fingerprint density at radius 2 is 1.57 bits per heavy atom. The van der Waals surface area contributed by atoms with Crippen molar-refractivity contribution in [1.82, 2.24) is 0 Å². The molecule has 23 heavy (non-hydrogen) atoms. The fourth-order valence-electron chi connectivity index (χ4n) is 7.84. The van der Waals surface area contributed by atoms with E-state index < -0.39 is 5.60 Å². The van der Waals surface area contributed by atoms with Gasteiger partial charge >= 0.3 is 0 Å². The maximum Gasteiger partial charge on any atom is 0.0622 e. The Bertz CT molecular complexity index is 472. The van der Waals surface area contributed by atoms with Gasteiger partial charge in [0.2, 0.25) is 0 Å². The van der Waals surface area contributed by atoms with Crippen LogP contribution in [-0.2, 0) is 0 Å². The molecule has 0 aromatic carbocycles. The lowest BCUT2D eigenvalue weighted by atomic mass is 9.44. The zero-order chi connectivity index (χ0) is 16.5. The molecule has 4 unspecified atom stereocenters. The van der Waals surface area contributed by atoms with Crippen LogP contribution in [0, 0.1) is 40.4 Å². The van der Waals surface area contributed by atoms with Crippen molar-refractivity contribution in [3.63, 3.8) is 0 Å². The average Bonchev–Trinajstić information content (AvgIpc) is 2.84. The van der Waals surface area contributed by atoms with Crippen molar-refractivity contribution in [2.75, 3.05) is 6.61 Å². The first-order valence-corrected chi connectivity index (χ1v) is 10.1. The monoisotopic (exact) mass is 320 g/mol. The van der Waals surface area contributed by atoms with E-state index >= 15 is 0 Å². The summed E-state index contributed by atoms with van der Waals surface area (Å²) in [5.74, 6) is 3.87. The van der Waals surface area contributed by atoms with Gasteiger partial charge in [0.05, 0.1) is 5.60 Å². The molecule has 0 spiro atoms. The van der Waals surface area contributed by atoms with E-state index in [0.29, 0.717) is 23.4 Å². The van der Waals surface area contributed by atoms with Crippen LogP contribution in [0.1, 0.15) is 78.6 Å². The molecular weight excluding hydrogens is 284 g/mol. The van der Waals surface area contributed by atoms with Crippen LogP contribution in [0.5, 0.6) is 0 Å². The predicted molar refractivity (Wildman–Crippen MR) is 92.9 cm³/mol. The summed E-state index contributed by atoms with van der Waals surface area (Å²) in [6.07, 6.45) is 11.2. The summed E-state index contributed by atoms with van der Waals surface area (Å²) in [5, 5.41) is 20.4. The third kappa shape index (κ3) is 2.27. The minimum Gasteiger partial charge on any atom is -0.396 e. The van der Waals surface area contributed by atoms with E-state index in [0.717, 1.165) is 36.5 Å². The van der Waals surface area contributed by atoms with E-state index in [1.807, 2.05) is 0 Å². The van der Waals surface area contributed by atoms with Gasteiger partial charge in [-0.1, -0.05) is 13.8 Å². The Labute approximate surface area is 142 Å². The molecule has 4 saturated carbocycles. The molecular formula is C21H36O2. The number of hydrogen-bond donors (Lipinski definition) is 2. The van der Waals surface area contributed by atoms with Crippen LogP contribution in [-0.4, -0.2) is 22.4 Å². The quantitative estimate of drug-likeness (QED) is 0.752. The second kappa shape index (κ2) is 5.21. The minimum absolute atomic E-state index is 0.396. The van der Waals surface area contributed by atoms with Crippen LogP contribution in [0.3, 0.4) is 0 Å². The van der Waals surface area contributed by atoms with Gasteiger partial charge in [-0.3, -0.25) is 0 Å². The Hall–Kier alpha value is -0.0800. The van der Waals surface area contributed by atoms with E-state index in [1.54, 1.807) is 0 Å². The summed E-state index contributed by atoms with van der Waals surface area (Å²) in [4.78, 5) is 0. The van der Waals surface area contributed by atoms with Gasteiger partial charge in [-0.05, 0) is 105 Å². The second-order valence-corrected chi connectivity index (χ2v) is 10.4. The molecule has 0 radical (unpaired) electrons. The maximum absolute atomic E-state index is 10.6. The van der Waals surface area contributed by atoms with Crippen molar-refractivity contribution < 1.29 is 10.2 Å². The van der Waals surface area contributed by atoms with Crippen molar-refractivity contribution >= 4 is 0 Å². The number of fused-ring (bicyclic) bond motifs is 5. The summed E-state index contributed by atoms with van der Waals surface area (Å²) >= 11 is 0. The molecule has 0 amide bonds. The lowest BCUT2D eigenvalue weighted by Gasteiger charge is -2.61. The Morgan fingerprint density at radius 1 is 0.826 bits per heavy atom. The van der Waals surface area contributed by atoms with Gasteiger partial charge in [0.15, 0.2) is 0 Å². The van der Waals surface area contributed by atoms with Crippen LogP contribution < -0.4 is 0 Å². The van der Waals surface area contributed by atoms with Crippen molar-refractivity contribution in [2.24, 2.45) is 40.4 Å². The molecule has 8 atom stereocenters. The van der Waals surface area contributed by atoms with Gasteiger partial charge < -0.3 is 10.2 Å². The van der Waals surface area contributed by atoms with Crippen molar-refractivity contribution in [3.05, 3.63) is 0 Å². The summed E-state index contributed by atoms with van der Waals surface area (Å²) in [6, 6.07) is 0. The molecule has 2 nitrogen and oxygen atoms in total. The normalized spacial score (nSPS) is 59.1. The van der Waals surface area contributed by atoms with E-state index in [2.05, 4.69) is 20.8 Å². The first-order chi connectivity index (χ1) is 10.8. The molecule has 0 heterocycles. The lowest BCUT2D eigenvalue weighted by molar-refractivity contribution is -0.147. The summed E-state index contributed by atoms with van der Waals surface area (Å²) in [7, 11) is 0. The van der Waals surface area contributed by atoms with Gasteiger partial charge in [0.25, 0.3) is 0 Å². The van der Waals surface area contributed by atoms with Gasteiger partial charge in [-0.2, -0.15) is 0 Å². The molecule has 4 fully saturated rings. The molecule has 2 N–H and O–H groups in total. The van der Waals surface area contributed by atoms with Crippen LogP contribution >= 0.6 is 0 Å². The summed E-state index contributed by atoms with van der Waals surface area (Å²) in [5.41, 5.74) is 0.443. The van der Waals surface area contributed by atoms with Gasteiger partial charge in [0, 0.05) is 6.61 Å². The molecule has 4 rings (SSSR count). The highest BCUT2D eigenvalue weighted by molar-refractivity contribution is 5.10. The lowest BCUT2D eigenvalue weighted by Crippen LogP contribution is -2.55. The van der Waals surface area contributed by atoms with E-state index in [9.17, 15) is 10.2 Å². The zero-order valence-electron chi connectivity index (χ0n) is 15.4. The van der Waals surface area contributed by atoms with Crippen LogP contribution in [0.15, 0.2) is 0 Å². The third-order valence-electron chi connectivity index (χ3n) is 9.37. The SMILES string of the molecule is C[C@@]1(O)CC[C@@]2(C)C(CCC3C2CC[C@@]2(C)C3CC[C@@H]2CO)C1. The Morgan fingerprint density at radius 3 is 2.30 bits per heavy atom. The minimum atomic E-state index is -0.421. The number of aliphatic hydroxyl groups is 2. The predicted octanol–water partition coefficient (Wildman–Crippen LogP) is 4.39. The van der Waals surface area contributed by atoms with Crippen molar-refractivity contribution in [2.45, 2.75) is 84.2 Å². The topological polar surface area (TPSA) is 40.5 Å². The molecule has 132 valence electrons. The zero-order valence-corrected chi connectivity index (χ0v) is 15.4. The van der Waals surface area contributed by atoms with Crippen LogP contribution in [0.4, 0.5) is 0 Å².